The van der Waals surface area contributed by atoms with Crippen molar-refractivity contribution >= 4 is 11.9 Å². The number of carbonyl (C=O) groups excluding carboxylic acids is 2. The summed E-state index contributed by atoms with van der Waals surface area (Å²) in [6.45, 7) is 3.88. The van der Waals surface area contributed by atoms with Crippen LogP contribution >= 0.6 is 0 Å². The summed E-state index contributed by atoms with van der Waals surface area (Å²) >= 11 is 0. The Bertz CT molecular complexity index is 1520. The van der Waals surface area contributed by atoms with E-state index in [0.29, 0.717) is 12.8 Å². The highest BCUT2D eigenvalue weighted by atomic mass is 16.6. The summed E-state index contributed by atoms with van der Waals surface area (Å²) in [4.78, 5) is 24.5. The van der Waals surface area contributed by atoms with Crippen LogP contribution in [0.25, 0.3) is 0 Å². The molecule has 380 valence electrons. The van der Waals surface area contributed by atoms with Gasteiger partial charge in [-0.05, 0) is 122 Å². The Kier molecular flexibility index (Phi) is 53.1. The van der Waals surface area contributed by atoms with Gasteiger partial charge >= 0.3 is 11.9 Å². The second kappa shape index (κ2) is 56.8. The van der Waals surface area contributed by atoms with Crippen molar-refractivity contribution in [2.75, 3.05) is 13.2 Å². The van der Waals surface area contributed by atoms with Gasteiger partial charge in [-0.25, -0.2) is 0 Å². The summed E-state index contributed by atoms with van der Waals surface area (Å²) in [5.74, 6) is -0.635. The van der Waals surface area contributed by atoms with E-state index in [1.165, 1.54) is 32.1 Å². The van der Waals surface area contributed by atoms with Crippen molar-refractivity contribution in [1.29, 1.82) is 0 Å². The molecule has 0 aromatic carbocycles. The average Bonchev–Trinajstić information content (AvgIpc) is 3.34. The van der Waals surface area contributed by atoms with Gasteiger partial charge in [-0.15, -0.1) is 0 Å². The number of esters is 2. The van der Waals surface area contributed by atoms with Crippen molar-refractivity contribution in [2.24, 2.45) is 0 Å². The fraction of sp³-hybridized carbons (Fsp3) is 0.556. The predicted molar refractivity (Wildman–Crippen MR) is 297 cm³/mol. The van der Waals surface area contributed by atoms with Crippen LogP contribution in [-0.2, 0) is 19.1 Å². The van der Waals surface area contributed by atoms with E-state index in [9.17, 15) is 14.7 Å². The lowest BCUT2D eigenvalue weighted by Gasteiger charge is -2.15. The van der Waals surface area contributed by atoms with Gasteiger partial charge in [0.1, 0.15) is 6.61 Å². The second-order valence-corrected chi connectivity index (χ2v) is 17.2. The SMILES string of the molecule is CC/C=C\C/C=C\C/C=C\C/C=C\C/C=C\C/C=C\C/C=C\C/C=C\C/C=C\CCCCCCCC(=O)OC(CO)COC(=O)CCCCCCCCCC/C=C\C/C=C\C/C=C\C/C=C\CC. The fourth-order valence-electron chi connectivity index (χ4n) is 6.83. The molecular formula is C63H98O5. The monoisotopic (exact) mass is 935 g/mol. The van der Waals surface area contributed by atoms with Crippen molar-refractivity contribution in [3.8, 4) is 0 Å². The molecule has 5 nitrogen and oxygen atoms in total. The lowest BCUT2D eigenvalue weighted by molar-refractivity contribution is -0.161. The van der Waals surface area contributed by atoms with Crippen LogP contribution in [0.4, 0.5) is 0 Å². The third-order valence-corrected chi connectivity index (χ3v) is 10.8. The van der Waals surface area contributed by atoms with Gasteiger partial charge in [0.2, 0.25) is 0 Å². The Balaban J connectivity index is 3.66. The number of unbranched alkanes of at least 4 members (excludes halogenated alkanes) is 13. The first kappa shape index (κ1) is 63.5. The number of ether oxygens (including phenoxy) is 2. The maximum absolute atomic E-state index is 12.3. The average molecular weight is 935 g/mol. The van der Waals surface area contributed by atoms with Crippen molar-refractivity contribution in [2.45, 2.75) is 213 Å². The first-order valence-corrected chi connectivity index (χ1v) is 27.0. The molecule has 1 unspecified atom stereocenters. The van der Waals surface area contributed by atoms with Crippen LogP contribution in [0.3, 0.4) is 0 Å². The van der Waals surface area contributed by atoms with Gasteiger partial charge in [0.05, 0.1) is 6.61 Å². The largest absolute Gasteiger partial charge is 0.462 e. The van der Waals surface area contributed by atoms with Crippen LogP contribution < -0.4 is 0 Å². The molecule has 0 amide bonds. The van der Waals surface area contributed by atoms with Crippen molar-refractivity contribution in [1.82, 2.24) is 0 Å². The van der Waals surface area contributed by atoms with Crippen LogP contribution in [0.15, 0.2) is 158 Å². The van der Waals surface area contributed by atoms with E-state index >= 15 is 0 Å². The first-order valence-electron chi connectivity index (χ1n) is 27.0. The van der Waals surface area contributed by atoms with E-state index in [2.05, 4.69) is 172 Å². The third-order valence-electron chi connectivity index (χ3n) is 10.8. The molecule has 0 rings (SSSR count). The summed E-state index contributed by atoms with van der Waals surface area (Å²) in [6, 6.07) is 0. The van der Waals surface area contributed by atoms with Gasteiger partial charge in [-0.2, -0.15) is 0 Å². The van der Waals surface area contributed by atoms with E-state index in [1.54, 1.807) is 0 Å². The maximum Gasteiger partial charge on any atom is 0.306 e. The molecule has 0 aliphatic rings. The maximum atomic E-state index is 12.3. The summed E-state index contributed by atoms with van der Waals surface area (Å²) in [5, 5.41) is 9.64. The molecule has 1 N–H and O–H groups in total. The minimum atomic E-state index is -0.800. The van der Waals surface area contributed by atoms with Crippen molar-refractivity contribution in [3.05, 3.63) is 158 Å². The molecule has 0 saturated heterocycles. The smallest absolute Gasteiger partial charge is 0.306 e. The lowest BCUT2D eigenvalue weighted by Crippen LogP contribution is -2.28. The van der Waals surface area contributed by atoms with E-state index in [0.717, 1.165) is 148 Å². The van der Waals surface area contributed by atoms with E-state index < -0.39 is 6.10 Å². The standard InChI is InChI=1S/C63H98O5/c1-3-5-7-9-11-13-15-17-19-21-23-25-26-27-28-29-30-31-32-33-34-35-36-38-40-42-44-46-48-50-52-54-56-58-63(66)68-61(59-64)60-67-62(65)57-55-53-51-49-47-45-43-41-39-37-24-22-20-18-16-14-12-10-8-6-4-2/h5-8,11-14,17-20,23-25,27-28,30-31,33-34,36-38,42,44,61,64H,3-4,9-10,15-16,21-22,26,29,32,35,39-41,43,45-60H2,1-2H3/b7-5-,8-6-,13-11-,14-12-,19-17-,20-18-,25-23-,28-27-,31-30-,34-33-,37-24-,38-36-,44-42-. The third kappa shape index (κ3) is 54.1. The molecular weight excluding hydrogens is 837 g/mol. The van der Waals surface area contributed by atoms with Gasteiger partial charge in [-0.1, -0.05) is 230 Å². The molecule has 0 spiro atoms. The molecule has 5 heteroatoms. The quantitative estimate of drug-likeness (QED) is 0.0374. The Morgan fingerprint density at radius 3 is 0.882 bits per heavy atom. The highest BCUT2D eigenvalue weighted by molar-refractivity contribution is 5.70. The summed E-state index contributed by atoms with van der Waals surface area (Å²) in [5.41, 5.74) is 0. The van der Waals surface area contributed by atoms with E-state index in [4.69, 9.17) is 9.47 Å². The summed E-state index contributed by atoms with van der Waals surface area (Å²) < 4.78 is 10.7. The Hall–Kier alpha value is -4.48. The lowest BCUT2D eigenvalue weighted by atomic mass is 10.1. The number of aliphatic hydroxyl groups excluding tert-OH is 1. The van der Waals surface area contributed by atoms with Gasteiger partial charge in [0, 0.05) is 12.8 Å². The molecule has 68 heavy (non-hydrogen) atoms. The number of hydrogen-bond acceptors (Lipinski definition) is 5. The topological polar surface area (TPSA) is 72.8 Å². The highest BCUT2D eigenvalue weighted by Gasteiger charge is 2.16. The zero-order valence-electron chi connectivity index (χ0n) is 43.3. The molecule has 0 saturated carbocycles. The Morgan fingerprint density at radius 2 is 0.588 bits per heavy atom. The Labute approximate surface area is 418 Å². The minimum Gasteiger partial charge on any atom is -0.462 e. The predicted octanol–water partition coefficient (Wildman–Crippen LogP) is 18.4. The molecule has 1 atom stereocenters. The molecule has 0 aliphatic heterocycles. The molecule has 0 bridgehead atoms. The van der Waals surface area contributed by atoms with Crippen LogP contribution in [0.1, 0.15) is 206 Å². The van der Waals surface area contributed by atoms with Crippen LogP contribution in [-0.4, -0.2) is 36.4 Å². The van der Waals surface area contributed by atoms with Gasteiger partial charge in [-0.3, -0.25) is 9.59 Å². The van der Waals surface area contributed by atoms with Crippen molar-refractivity contribution < 1.29 is 24.2 Å². The van der Waals surface area contributed by atoms with Crippen LogP contribution in [0.5, 0.6) is 0 Å². The van der Waals surface area contributed by atoms with Gasteiger partial charge in [0.25, 0.3) is 0 Å². The number of carbonyl (C=O) groups is 2. The molecule has 0 aromatic rings. The number of aliphatic hydroxyl groups is 1. The minimum absolute atomic E-state index is 0.0892. The van der Waals surface area contributed by atoms with Crippen LogP contribution in [0, 0.1) is 0 Å². The van der Waals surface area contributed by atoms with Crippen LogP contribution in [0.2, 0.25) is 0 Å². The zero-order valence-corrected chi connectivity index (χ0v) is 43.3. The Morgan fingerprint density at radius 1 is 0.338 bits per heavy atom. The van der Waals surface area contributed by atoms with Crippen molar-refractivity contribution in [3.63, 3.8) is 0 Å². The molecule has 0 fully saturated rings. The number of allylic oxidation sites excluding steroid dienone is 26. The number of rotatable bonds is 47. The normalized spacial score (nSPS) is 13.5. The van der Waals surface area contributed by atoms with Gasteiger partial charge in [0.15, 0.2) is 6.10 Å². The molecule has 0 aliphatic carbocycles. The van der Waals surface area contributed by atoms with E-state index in [-0.39, 0.29) is 25.2 Å². The summed E-state index contributed by atoms with van der Waals surface area (Å²) in [7, 11) is 0. The summed E-state index contributed by atoms with van der Waals surface area (Å²) in [6.07, 6.45) is 87.6. The fourth-order valence-corrected chi connectivity index (χ4v) is 6.83. The number of hydrogen-bond donors (Lipinski definition) is 1. The molecule has 0 aromatic heterocycles. The van der Waals surface area contributed by atoms with Gasteiger partial charge < -0.3 is 14.6 Å². The van der Waals surface area contributed by atoms with E-state index in [1.807, 2.05) is 0 Å². The highest BCUT2D eigenvalue weighted by Crippen LogP contribution is 2.13. The first-order chi connectivity index (χ1) is 33.6. The second-order valence-electron chi connectivity index (χ2n) is 17.2. The zero-order chi connectivity index (χ0) is 49.2. The molecule has 0 radical (unpaired) electrons. The molecule has 0 heterocycles.